The summed E-state index contributed by atoms with van der Waals surface area (Å²) in [5.41, 5.74) is 6.83. The predicted octanol–water partition coefficient (Wildman–Crippen LogP) is 1.70. The van der Waals surface area contributed by atoms with Crippen molar-refractivity contribution in [3.63, 3.8) is 0 Å². The maximum Gasteiger partial charge on any atom is 0.172 e. The third-order valence-corrected chi connectivity index (χ3v) is 2.71. The molecule has 2 aromatic rings. The molecule has 1 heterocycles. The summed E-state index contributed by atoms with van der Waals surface area (Å²) in [6, 6.07) is 7.08. The highest BCUT2D eigenvalue weighted by atomic mass is 16.1. The quantitative estimate of drug-likeness (QED) is 0.641. The molecule has 18 heavy (non-hydrogen) atoms. The molecule has 94 valence electrons. The zero-order chi connectivity index (χ0) is 13.0. The van der Waals surface area contributed by atoms with Crippen molar-refractivity contribution in [1.29, 1.82) is 0 Å². The summed E-state index contributed by atoms with van der Waals surface area (Å²) in [5, 5.41) is 4.10. The fourth-order valence-electron chi connectivity index (χ4n) is 1.81. The van der Waals surface area contributed by atoms with E-state index < -0.39 is 0 Å². The van der Waals surface area contributed by atoms with Gasteiger partial charge in [0.25, 0.3) is 0 Å². The van der Waals surface area contributed by atoms with Crippen LogP contribution in [0.3, 0.4) is 0 Å². The lowest BCUT2D eigenvalue weighted by atomic mass is 10.1. The summed E-state index contributed by atoms with van der Waals surface area (Å²) < 4.78 is 1.76. The first-order valence-electron chi connectivity index (χ1n) is 5.96. The van der Waals surface area contributed by atoms with E-state index in [4.69, 9.17) is 5.73 Å². The second kappa shape index (κ2) is 5.44. The van der Waals surface area contributed by atoms with Crippen LogP contribution in [0.5, 0.6) is 0 Å². The van der Waals surface area contributed by atoms with Crippen LogP contribution in [-0.2, 0) is 13.0 Å². The van der Waals surface area contributed by atoms with Crippen LogP contribution in [0.25, 0.3) is 0 Å². The Morgan fingerprint density at radius 1 is 1.39 bits per heavy atom. The minimum Gasteiger partial charge on any atom is -0.398 e. The van der Waals surface area contributed by atoms with Crippen molar-refractivity contribution in [1.82, 2.24) is 14.8 Å². The molecule has 5 nitrogen and oxygen atoms in total. The van der Waals surface area contributed by atoms with Gasteiger partial charge in [-0.1, -0.05) is 19.1 Å². The lowest BCUT2D eigenvalue weighted by Crippen LogP contribution is -2.12. The molecular weight excluding hydrogens is 228 g/mol. The second-order valence-electron chi connectivity index (χ2n) is 4.09. The molecule has 0 amide bonds. The zero-order valence-electron chi connectivity index (χ0n) is 10.3. The molecule has 0 aliphatic rings. The summed E-state index contributed by atoms with van der Waals surface area (Å²) >= 11 is 0. The van der Waals surface area contributed by atoms with Gasteiger partial charge in [-0.15, -0.1) is 0 Å². The van der Waals surface area contributed by atoms with Gasteiger partial charge in [-0.25, -0.2) is 9.67 Å². The van der Waals surface area contributed by atoms with Gasteiger partial charge in [0.2, 0.25) is 0 Å². The average molecular weight is 244 g/mol. The molecule has 5 heteroatoms. The minimum absolute atomic E-state index is 0.0292. The van der Waals surface area contributed by atoms with Crippen LogP contribution in [0.2, 0.25) is 0 Å². The standard InChI is InChI=1S/C13H16N4O/c1-2-7-17-13(15-9-16-17)8-12(18)10-5-3-4-6-11(10)14/h3-6,9H,2,7-8,14H2,1H3. The molecule has 0 fully saturated rings. The molecule has 2 rings (SSSR count). The van der Waals surface area contributed by atoms with E-state index in [1.807, 2.05) is 6.07 Å². The van der Waals surface area contributed by atoms with Gasteiger partial charge in [0.05, 0.1) is 6.42 Å². The average Bonchev–Trinajstić information content (AvgIpc) is 2.78. The topological polar surface area (TPSA) is 73.8 Å². The number of hydrogen-bond acceptors (Lipinski definition) is 4. The number of carbonyl (C=O) groups excluding carboxylic acids is 1. The third kappa shape index (κ3) is 2.56. The maximum atomic E-state index is 12.1. The Kier molecular flexibility index (Phi) is 3.72. The van der Waals surface area contributed by atoms with Gasteiger partial charge >= 0.3 is 0 Å². The number of anilines is 1. The molecule has 0 aliphatic heterocycles. The Hall–Kier alpha value is -2.17. The summed E-state index contributed by atoms with van der Waals surface area (Å²) in [5.74, 6) is 0.656. The van der Waals surface area contributed by atoms with Crippen molar-refractivity contribution in [3.05, 3.63) is 42.0 Å². The third-order valence-electron chi connectivity index (χ3n) is 2.71. The summed E-state index contributed by atoms with van der Waals surface area (Å²) in [6.45, 7) is 2.83. The van der Waals surface area contributed by atoms with Crippen LogP contribution in [0.15, 0.2) is 30.6 Å². The molecule has 0 aliphatic carbocycles. The Morgan fingerprint density at radius 3 is 2.89 bits per heavy atom. The monoisotopic (exact) mass is 244 g/mol. The van der Waals surface area contributed by atoms with Gasteiger partial charge in [0.1, 0.15) is 12.2 Å². The smallest absolute Gasteiger partial charge is 0.172 e. The van der Waals surface area contributed by atoms with Crippen LogP contribution in [0.4, 0.5) is 5.69 Å². The zero-order valence-corrected chi connectivity index (χ0v) is 10.3. The lowest BCUT2D eigenvalue weighted by Gasteiger charge is -2.05. The maximum absolute atomic E-state index is 12.1. The van der Waals surface area contributed by atoms with Crippen LogP contribution < -0.4 is 5.73 Å². The van der Waals surface area contributed by atoms with Crippen molar-refractivity contribution in [2.24, 2.45) is 0 Å². The van der Waals surface area contributed by atoms with Gasteiger partial charge < -0.3 is 5.73 Å². The van der Waals surface area contributed by atoms with Crippen LogP contribution >= 0.6 is 0 Å². The van der Waals surface area contributed by atoms with E-state index in [0.717, 1.165) is 13.0 Å². The van der Waals surface area contributed by atoms with Crippen LogP contribution in [0.1, 0.15) is 29.5 Å². The first-order chi connectivity index (χ1) is 8.72. The first kappa shape index (κ1) is 12.3. The van der Waals surface area contributed by atoms with Crippen LogP contribution in [-0.4, -0.2) is 20.5 Å². The molecule has 0 radical (unpaired) electrons. The number of rotatable bonds is 5. The van der Waals surface area contributed by atoms with E-state index in [9.17, 15) is 4.79 Å². The molecule has 0 saturated carbocycles. The first-order valence-corrected chi connectivity index (χ1v) is 5.96. The van der Waals surface area contributed by atoms with Gasteiger partial charge in [0.15, 0.2) is 5.78 Å². The van der Waals surface area contributed by atoms with Gasteiger partial charge in [-0.3, -0.25) is 4.79 Å². The van der Waals surface area contributed by atoms with Crippen molar-refractivity contribution in [2.75, 3.05) is 5.73 Å². The Bertz CT molecular complexity index is 547. The molecule has 0 unspecified atom stereocenters. The Morgan fingerprint density at radius 2 is 2.17 bits per heavy atom. The molecule has 0 atom stereocenters. The Labute approximate surface area is 106 Å². The fourth-order valence-corrected chi connectivity index (χ4v) is 1.81. The second-order valence-corrected chi connectivity index (χ2v) is 4.09. The van der Waals surface area contributed by atoms with Crippen molar-refractivity contribution in [2.45, 2.75) is 26.3 Å². The summed E-state index contributed by atoms with van der Waals surface area (Å²) in [6.07, 6.45) is 2.67. The predicted molar refractivity (Wildman–Crippen MR) is 69.2 cm³/mol. The van der Waals surface area contributed by atoms with E-state index in [0.29, 0.717) is 17.1 Å². The summed E-state index contributed by atoms with van der Waals surface area (Å²) in [4.78, 5) is 16.2. The van der Waals surface area contributed by atoms with Crippen molar-refractivity contribution in [3.8, 4) is 0 Å². The normalized spacial score (nSPS) is 10.5. The highest BCUT2D eigenvalue weighted by Gasteiger charge is 2.13. The van der Waals surface area contributed by atoms with Gasteiger partial charge in [0, 0.05) is 17.8 Å². The molecule has 1 aromatic carbocycles. The van der Waals surface area contributed by atoms with E-state index >= 15 is 0 Å². The minimum atomic E-state index is -0.0292. The fraction of sp³-hybridized carbons (Fsp3) is 0.308. The van der Waals surface area contributed by atoms with Crippen LogP contribution in [0, 0.1) is 0 Å². The van der Waals surface area contributed by atoms with E-state index in [1.165, 1.54) is 6.33 Å². The number of Topliss-reactive ketones (excluding diaryl/α,β-unsaturated/α-hetero) is 1. The number of aromatic nitrogens is 3. The number of nitrogen functional groups attached to an aromatic ring is 1. The summed E-state index contributed by atoms with van der Waals surface area (Å²) in [7, 11) is 0. The number of aryl methyl sites for hydroxylation is 1. The molecule has 0 bridgehead atoms. The van der Waals surface area contributed by atoms with E-state index in [-0.39, 0.29) is 12.2 Å². The molecule has 1 aromatic heterocycles. The van der Waals surface area contributed by atoms with E-state index in [1.54, 1.807) is 22.9 Å². The number of para-hydroxylation sites is 1. The van der Waals surface area contributed by atoms with Gasteiger partial charge in [-0.05, 0) is 18.6 Å². The van der Waals surface area contributed by atoms with Crippen molar-refractivity contribution < 1.29 is 4.79 Å². The lowest BCUT2D eigenvalue weighted by molar-refractivity contribution is 0.0990. The number of carbonyl (C=O) groups is 1. The van der Waals surface area contributed by atoms with Gasteiger partial charge in [-0.2, -0.15) is 5.10 Å². The Balaban J connectivity index is 2.17. The number of benzene rings is 1. The molecule has 2 N–H and O–H groups in total. The number of hydrogen-bond donors (Lipinski definition) is 1. The number of nitrogens with zero attached hydrogens (tertiary/aromatic N) is 3. The number of ketones is 1. The number of nitrogens with two attached hydrogens (primary N) is 1. The van der Waals surface area contributed by atoms with Crippen molar-refractivity contribution >= 4 is 11.5 Å². The molecular formula is C13H16N4O. The highest BCUT2D eigenvalue weighted by Crippen LogP contribution is 2.13. The molecule has 0 saturated heterocycles. The molecule has 0 spiro atoms. The SMILES string of the molecule is CCCn1ncnc1CC(=O)c1ccccc1N. The highest BCUT2D eigenvalue weighted by molar-refractivity contribution is 6.01. The largest absolute Gasteiger partial charge is 0.398 e. The van der Waals surface area contributed by atoms with E-state index in [2.05, 4.69) is 17.0 Å².